The number of halogens is 1. The second kappa shape index (κ2) is 7.63. The fourth-order valence-electron chi connectivity index (χ4n) is 2.59. The predicted octanol–water partition coefficient (Wildman–Crippen LogP) is 2.92. The summed E-state index contributed by atoms with van der Waals surface area (Å²) in [4.78, 5) is 7.95. The van der Waals surface area contributed by atoms with E-state index in [0.29, 0.717) is 5.84 Å². The van der Waals surface area contributed by atoms with Gasteiger partial charge in [-0.25, -0.2) is 4.99 Å². The summed E-state index contributed by atoms with van der Waals surface area (Å²) >= 11 is 1.61. The molecule has 0 spiro atoms. The van der Waals surface area contributed by atoms with Crippen molar-refractivity contribution in [1.82, 2.24) is 5.32 Å². The topological polar surface area (TPSA) is 53.6 Å². The minimum Gasteiger partial charge on any atom is -0.383 e. The van der Waals surface area contributed by atoms with Gasteiger partial charge in [0.25, 0.3) is 0 Å². The summed E-state index contributed by atoms with van der Waals surface area (Å²) in [7, 11) is 0. The third-order valence-corrected chi connectivity index (χ3v) is 4.55. The number of anilines is 1. The second-order valence-corrected chi connectivity index (χ2v) is 6.13. The number of aryl methyl sites for hydroxylation is 1. The number of nitrogens with zero attached hydrogens (tertiary/aromatic N) is 2. The van der Waals surface area contributed by atoms with Gasteiger partial charge in [-0.3, -0.25) is 0 Å². The zero-order chi connectivity index (χ0) is 14.7. The highest BCUT2D eigenvalue weighted by molar-refractivity contribution is 7.12. The van der Waals surface area contributed by atoms with Crippen molar-refractivity contribution in [2.75, 3.05) is 31.1 Å². The normalized spacial score (nSPS) is 15.5. The molecule has 0 aliphatic carbocycles. The summed E-state index contributed by atoms with van der Waals surface area (Å²) in [5.74, 6) is 0.583. The number of rotatable bonds is 3. The number of amidine groups is 1. The van der Waals surface area contributed by atoms with Crippen molar-refractivity contribution in [2.45, 2.75) is 6.92 Å². The van der Waals surface area contributed by atoms with Gasteiger partial charge >= 0.3 is 0 Å². The van der Waals surface area contributed by atoms with Gasteiger partial charge in [0.2, 0.25) is 0 Å². The fraction of sp³-hybridized carbons (Fsp3) is 0.312. The maximum atomic E-state index is 6.04. The maximum Gasteiger partial charge on any atom is 0.141 e. The number of piperazine rings is 1. The monoisotopic (exact) mass is 336 g/mol. The highest BCUT2D eigenvalue weighted by atomic mass is 35.5. The smallest absolute Gasteiger partial charge is 0.141 e. The maximum absolute atomic E-state index is 6.04. The molecule has 1 fully saturated rings. The van der Waals surface area contributed by atoms with Crippen molar-refractivity contribution >= 4 is 41.0 Å². The number of benzene rings is 1. The first-order chi connectivity index (χ1) is 10.2. The highest BCUT2D eigenvalue weighted by Crippen LogP contribution is 2.26. The van der Waals surface area contributed by atoms with Crippen LogP contribution in [0.3, 0.4) is 0 Å². The Morgan fingerprint density at radius 1 is 1.27 bits per heavy atom. The number of nitrogens with one attached hydrogen (secondary N) is 1. The zero-order valence-corrected chi connectivity index (χ0v) is 14.2. The van der Waals surface area contributed by atoms with Crippen molar-refractivity contribution < 1.29 is 0 Å². The summed E-state index contributed by atoms with van der Waals surface area (Å²) in [5, 5.41) is 5.39. The molecule has 1 aliphatic heterocycles. The van der Waals surface area contributed by atoms with Crippen molar-refractivity contribution in [3.05, 3.63) is 46.2 Å². The average molecular weight is 337 g/mol. The Morgan fingerprint density at radius 3 is 2.68 bits per heavy atom. The molecule has 1 aliphatic rings. The van der Waals surface area contributed by atoms with Crippen LogP contribution in [0.4, 0.5) is 11.4 Å². The van der Waals surface area contributed by atoms with Crippen LogP contribution in [0, 0.1) is 6.92 Å². The number of aliphatic imine (C=N–C) groups is 1. The van der Waals surface area contributed by atoms with Gasteiger partial charge in [0, 0.05) is 31.9 Å². The van der Waals surface area contributed by atoms with Crippen LogP contribution in [0.1, 0.15) is 10.4 Å². The van der Waals surface area contributed by atoms with Gasteiger partial charge in [-0.15, -0.1) is 23.7 Å². The Morgan fingerprint density at radius 2 is 2.05 bits per heavy atom. The molecule has 2 aromatic rings. The van der Waals surface area contributed by atoms with Gasteiger partial charge in [0.05, 0.1) is 10.6 Å². The van der Waals surface area contributed by atoms with Gasteiger partial charge < -0.3 is 16.0 Å². The first-order valence-electron chi connectivity index (χ1n) is 7.18. The van der Waals surface area contributed by atoms with E-state index in [1.807, 2.05) is 23.6 Å². The number of hydrogen-bond donors (Lipinski definition) is 2. The molecule has 0 saturated carbocycles. The second-order valence-electron chi connectivity index (χ2n) is 5.18. The first-order valence-corrected chi connectivity index (χ1v) is 8.06. The molecule has 3 N–H and O–H groups in total. The molecule has 0 radical (unpaired) electrons. The van der Waals surface area contributed by atoms with E-state index in [-0.39, 0.29) is 12.4 Å². The molecule has 118 valence electrons. The van der Waals surface area contributed by atoms with E-state index in [9.17, 15) is 0 Å². The van der Waals surface area contributed by atoms with Crippen molar-refractivity contribution in [1.29, 1.82) is 0 Å². The van der Waals surface area contributed by atoms with Crippen molar-refractivity contribution in [2.24, 2.45) is 10.7 Å². The quantitative estimate of drug-likeness (QED) is 0.669. The molecule has 0 bridgehead atoms. The van der Waals surface area contributed by atoms with E-state index in [4.69, 9.17) is 5.73 Å². The van der Waals surface area contributed by atoms with Crippen LogP contribution in [0.2, 0.25) is 0 Å². The van der Waals surface area contributed by atoms with Crippen LogP contribution in [0.5, 0.6) is 0 Å². The van der Waals surface area contributed by atoms with Crippen LogP contribution < -0.4 is 16.0 Å². The Hall–Kier alpha value is -1.56. The summed E-state index contributed by atoms with van der Waals surface area (Å²) < 4.78 is 0. The van der Waals surface area contributed by atoms with Crippen molar-refractivity contribution in [3.63, 3.8) is 0 Å². The lowest BCUT2D eigenvalue weighted by Crippen LogP contribution is -2.43. The SMILES string of the molecule is Cc1cc(/N=C(\N)c2cccs2)ccc1N1CCNCC1.Cl. The molecule has 0 amide bonds. The van der Waals surface area contributed by atoms with Gasteiger partial charge in [-0.1, -0.05) is 6.07 Å². The Balaban J connectivity index is 0.00000176. The lowest BCUT2D eigenvalue weighted by atomic mass is 10.1. The number of hydrogen-bond acceptors (Lipinski definition) is 4. The molecule has 4 nitrogen and oxygen atoms in total. The van der Waals surface area contributed by atoms with E-state index in [2.05, 4.69) is 34.3 Å². The van der Waals surface area contributed by atoms with E-state index in [1.54, 1.807) is 11.3 Å². The molecule has 2 heterocycles. The lowest BCUT2D eigenvalue weighted by Gasteiger charge is -2.30. The minimum absolute atomic E-state index is 0. The molecule has 6 heteroatoms. The van der Waals surface area contributed by atoms with Gasteiger partial charge in [0.1, 0.15) is 5.84 Å². The molecule has 3 rings (SSSR count). The Bertz CT molecular complexity index is 634. The summed E-state index contributed by atoms with van der Waals surface area (Å²) in [6.45, 7) is 6.34. The van der Waals surface area contributed by atoms with E-state index in [1.165, 1.54) is 11.3 Å². The van der Waals surface area contributed by atoms with Gasteiger partial charge in [-0.2, -0.15) is 0 Å². The molecule has 1 saturated heterocycles. The molecule has 1 aromatic heterocycles. The predicted molar refractivity (Wildman–Crippen MR) is 98.2 cm³/mol. The third-order valence-electron chi connectivity index (χ3n) is 3.66. The average Bonchev–Trinajstić information content (AvgIpc) is 3.02. The summed E-state index contributed by atoms with van der Waals surface area (Å²) in [6, 6.07) is 10.3. The van der Waals surface area contributed by atoms with Crippen LogP contribution in [-0.4, -0.2) is 32.0 Å². The van der Waals surface area contributed by atoms with Crippen LogP contribution >= 0.6 is 23.7 Å². The first kappa shape index (κ1) is 16.8. The molecular weight excluding hydrogens is 316 g/mol. The molecular formula is C16H21ClN4S. The fourth-order valence-corrected chi connectivity index (χ4v) is 3.22. The minimum atomic E-state index is 0. The third kappa shape index (κ3) is 3.80. The Kier molecular flexibility index (Phi) is 5.83. The van der Waals surface area contributed by atoms with E-state index in [0.717, 1.165) is 36.7 Å². The van der Waals surface area contributed by atoms with Crippen LogP contribution in [0.15, 0.2) is 40.7 Å². The van der Waals surface area contributed by atoms with E-state index < -0.39 is 0 Å². The largest absolute Gasteiger partial charge is 0.383 e. The van der Waals surface area contributed by atoms with Gasteiger partial charge in [-0.05, 0) is 42.1 Å². The molecule has 1 aromatic carbocycles. The molecule has 0 atom stereocenters. The van der Waals surface area contributed by atoms with Crippen molar-refractivity contribution in [3.8, 4) is 0 Å². The molecule has 0 unspecified atom stereocenters. The van der Waals surface area contributed by atoms with Crippen LogP contribution in [-0.2, 0) is 0 Å². The van der Waals surface area contributed by atoms with Gasteiger partial charge in [0.15, 0.2) is 0 Å². The zero-order valence-electron chi connectivity index (χ0n) is 12.6. The number of thiophene rings is 1. The Labute approximate surface area is 141 Å². The highest BCUT2D eigenvalue weighted by Gasteiger charge is 2.12. The standard InChI is InChI=1S/C16H20N4S.ClH/c1-12-11-13(19-16(17)15-3-2-10-21-15)4-5-14(12)20-8-6-18-7-9-20;/h2-5,10-11,18H,6-9H2,1H3,(H2,17,19);1H. The summed E-state index contributed by atoms with van der Waals surface area (Å²) in [6.07, 6.45) is 0. The molecule has 22 heavy (non-hydrogen) atoms. The van der Waals surface area contributed by atoms with E-state index >= 15 is 0 Å². The van der Waals surface area contributed by atoms with Crippen LogP contribution in [0.25, 0.3) is 0 Å². The number of nitrogens with two attached hydrogens (primary N) is 1. The summed E-state index contributed by atoms with van der Waals surface area (Å²) in [5.41, 5.74) is 9.50. The lowest BCUT2D eigenvalue weighted by molar-refractivity contribution is 0.588.